The van der Waals surface area contributed by atoms with E-state index < -0.39 is 0 Å². The Morgan fingerprint density at radius 2 is 2.00 bits per heavy atom. The van der Waals surface area contributed by atoms with E-state index in [2.05, 4.69) is 37.9 Å². The molecule has 1 amide bonds. The van der Waals surface area contributed by atoms with Gasteiger partial charge in [0.25, 0.3) is 5.91 Å². The first-order valence-corrected chi connectivity index (χ1v) is 8.25. The SMILES string of the molecule is Nc1cccc2c1CN(C(=O)c1ccc(Br)cc1Br)CC2. The van der Waals surface area contributed by atoms with Gasteiger partial charge in [-0.05, 0) is 57.7 Å². The third-order valence-corrected chi connectivity index (χ3v) is 4.91. The first kappa shape index (κ1) is 14.6. The smallest absolute Gasteiger partial charge is 0.255 e. The molecule has 0 bridgehead atoms. The predicted octanol–water partition coefficient (Wildman–Crippen LogP) is 3.99. The molecule has 0 saturated carbocycles. The number of benzene rings is 2. The van der Waals surface area contributed by atoms with E-state index in [0.29, 0.717) is 12.1 Å². The minimum absolute atomic E-state index is 0.0308. The average Bonchev–Trinajstić information content (AvgIpc) is 2.47. The quantitative estimate of drug-likeness (QED) is 0.723. The van der Waals surface area contributed by atoms with Gasteiger partial charge in [-0.15, -0.1) is 0 Å². The van der Waals surface area contributed by atoms with Gasteiger partial charge in [-0.25, -0.2) is 0 Å². The molecule has 108 valence electrons. The van der Waals surface area contributed by atoms with Gasteiger partial charge in [-0.3, -0.25) is 4.79 Å². The van der Waals surface area contributed by atoms with Crippen LogP contribution in [0, 0.1) is 0 Å². The maximum absolute atomic E-state index is 12.7. The van der Waals surface area contributed by atoms with Crippen molar-refractivity contribution in [2.24, 2.45) is 0 Å². The Hall–Kier alpha value is -1.33. The van der Waals surface area contributed by atoms with Crippen LogP contribution in [0.25, 0.3) is 0 Å². The third kappa shape index (κ3) is 2.85. The second-order valence-corrected chi connectivity index (χ2v) is 6.86. The van der Waals surface area contributed by atoms with E-state index in [1.165, 1.54) is 5.56 Å². The van der Waals surface area contributed by atoms with Crippen LogP contribution in [0.3, 0.4) is 0 Å². The fraction of sp³-hybridized carbons (Fsp3) is 0.188. The van der Waals surface area contributed by atoms with Crippen molar-refractivity contribution in [1.29, 1.82) is 0 Å². The molecule has 2 aromatic carbocycles. The van der Waals surface area contributed by atoms with Crippen LogP contribution in [0.2, 0.25) is 0 Å². The van der Waals surface area contributed by atoms with E-state index in [4.69, 9.17) is 5.73 Å². The van der Waals surface area contributed by atoms with Gasteiger partial charge in [0, 0.05) is 27.7 Å². The third-order valence-electron chi connectivity index (χ3n) is 3.76. The summed E-state index contributed by atoms with van der Waals surface area (Å²) in [6.45, 7) is 1.29. The Labute approximate surface area is 140 Å². The number of carbonyl (C=O) groups is 1. The van der Waals surface area contributed by atoms with Crippen LogP contribution in [0.5, 0.6) is 0 Å². The zero-order chi connectivity index (χ0) is 15.0. The number of hydrogen-bond donors (Lipinski definition) is 1. The standard InChI is InChI=1S/C16H14Br2N2O/c17-11-4-5-12(14(18)8-11)16(21)20-7-6-10-2-1-3-15(19)13(10)9-20/h1-5,8H,6-7,9,19H2. The Morgan fingerprint density at radius 3 is 2.76 bits per heavy atom. The van der Waals surface area contributed by atoms with Gasteiger partial charge in [-0.1, -0.05) is 28.1 Å². The molecule has 1 aliphatic rings. The number of hydrogen-bond acceptors (Lipinski definition) is 2. The first-order chi connectivity index (χ1) is 10.1. The van der Waals surface area contributed by atoms with E-state index in [1.54, 1.807) is 0 Å². The molecule has 0 aliphatic carbocycles. The van der Waals surface area contributed by atoms with Crippen molar-refractivity contribution in [2.45, 2.75) is 13.0 Å². The van der Waals surface area contributed by atoms with E-state index in [-0.39, 0.29) is 5.91 Å². The van der Waals surface area contributed by atoms with Crippen molar-refractivity contribution < 1.29 is 4.79 Å². The molecule has 1 aliphatic heterocycles. The zero-order valence-electron chi connectivity index (χ0n) is 11.3. The summed E-state index contributed by atoms with van der Waals surface area (Å²) in [4.78, 5) is 14.5. The molecule has 0 unspecified atom stereocenters. The van der Waals surface area contributed by atoms with Gasteiger partial charge in [0.1, 0.15) is 0 Å². The van der Waals surface area contributed by atoms with Gasteiger partial charge in [0.2, 0.25) is 0 Å². The molecule has 3 rings (SSSR count). The summed E-state index contributed by atoms with van der Waals surface area (Å²) < 4.78 is 1.74. The molecule has 0 spiro atoms. The molecule has 5 heteroatoms. The zero-order valence-corrected chi connectivity index (χ0v) is 14.4. The molecule has 2 aromatic rings. The summed E-state index contributed by atoms with van der Waals surface area (Å²) in [6, 6.07) is 11.5. The summed E-state index contributed by atoms with van der Waals surface area (Å²) in [6.07, 6.45) is 0.847. The minimum atomic E-state index is 0.0308. The number of halogens is 2. The number of nitrogens with zero attached hydrogens (tertiary/aromatic N) is 1. The Kier molecular flexibility index (Phi) is 4.04. The number of rotatable bonds is 1. The molecule has 3 nitrogen and oxygen atoms in total. The van der Waals surface area contributed by atoms with Crippen LogP contribution in [0.15, 0.2) is 45.3 Å². The normalized spacial score (nSPS) is 13.9. The lowest BCUT2D eigenvalue weighted by Gasteiger charge is -2.30. The van der Waals surface area contributed by atoms with E-state index in [1.807, 2.05) is 35.2 Å². The van der Waals surface area contributed by atoms with Crippen molar-refractivity contribution >= 4 is 43.5 Å². The van der Waals surface area contributed by atoms with Crippen LogP contribution in [-0.4, -0.2) is 17.4 Å². The lowest BCUT2D eigenvalue weighted by atomic mass is 9.97. The highest BCUT2D eigenvalue weighted by Crippen LogP contribution is 2.28. The van der Waals surface area contributed by atoms with Crippen LogP contribution in [0.4, 0.5) is 5.69 Å². The summed E-state index contributed by atoms with van der Waals surface area (Å²) >= 11 is 6.86. The molecular formula is C16H14Br2N2O. The van der Waals surface area contributed by atoms with E-state index >= 15 is 0 Å². The number of amides is 1. The lowest BCUT2D eigenvalue weighted by molar-refractivity contribution is 0.0734. The number of anilines is 1. The number of fused-ring (bicyclic) bond motifs is 1. The molecule has 2 N–H and O–H groups in total. The average molecular weight is 410 g/mol. The topological polar surface area (TPSA) is 46.3 Å². The predicted molar refractivity (Wildman–Crippen MR) is 91.1 cm³/mol. The van der Waals surface area contributed by atoms with Crippen molar-refractivity contribution in [3.8, 4) is 0 Å². The highest BCUT2D eigenvalue weighted by atomic mass is 79.9. The van der Waals surface area contributed by atoms with Crippen molar-refractivity contribution in [3.63, 3.8) is 0 Å². The fourth-order valence-electron chi connectivity index (χ4n) is 2.61. The molecule has 0 saturated heterocycles. The lowest BCUT2D eigenvalue weighted by Crippen LogP contribution is -2.36. The van der Waals surface area contributed by atoms with E-state index in [9.17, 15) is 4.79 Å². The summed E-state index contributed by atoms with van der Waals surface area (Å²) in [5.41, 5.74) is 9.80. The van der Waals surface area contributed by atoms with Gasteiger partial charge < -0.3 is 10.6 Å². The fourth-order valence-corrected chi connectivity index (χ4v) is 3.83. The van der Waals surface area contributed by atoms with Gasteiger partial charge >= 0.3 is 0 Å². The Balaban J connectivity index is 1.89. The van der Waals surface area contributed by atoms with Gasteiger partial charge in [0.05, 0.1) is 5.56 Å². The monoisotopic (exact) mass is 408 g/mol. The van der Waals surface area contributed by atoms with E-state index in [0.717, 1.165) is 33.2 Å². The summed E-state index contributed by atoms with van der Waals surface area (Å²) in [7, 11) is 0. The number of nitrogens with two attached hydrogens (primary N) is 1. The Morgan fingerprint density at radius 1 is 1.19 bits per heavy atom. The van der Waals surface area contributed by atoms with Crippen molar-refractivity contribution in [3.05, 3.63) is 62.0 Å². The second kappa shape index (κ2) is 5.81. The largest absolute Gasteiger partial charge is 0.398 e. The molecule has 1 heterocycles. The number of nitrogen functional groups attached to an aromatic ring is 1. The molecular weight excluding hydrogens is 396 g/mol. The molecule has 0 fully saturated rings. The molecule has 21 heavy (non-hydrogen) atoms. The Bertz CT molecular complexity index is 715. The van der Waals surface area contributed by atoms with Crippen LogP contribution in [-0.2, 0) is 13.0 Å². The molecule has 0 atom stereocenters. The highest BCUT2D eigenvalue weighted by Gasteiger charge is 2.24. The van der Waals surface area contributed by atoms with Crippen LogP contribution >= 0.6 is 31.9 Å². The highest BCUT2D eigenvalue weighted by molar-refractivity contribution is 9.11. The first-order valence-electron chi connectivity index (χ1n) is 6.67. The number of carbonyl (C=O) groups excluding carboxylic acids is 1. The summed E-state index contributed by atoms with van der Waals surface area (Å²) in [5.74, 6) is 0.0308. The van der Waals surface area contributed by atoms with Crippen LogP contribution < -0.4 is 5.73 Å². The minimum Gasteiger partial charge on any atom is -0.398 e. The van der Waals surface area contributed by atoms with Gasteiger partial charge in [-0.2, -0.15) is 0 Å². The maximum atomic E-state index is 12.7. The molecule has 0 radical (unpaired) electrons. The summed E-state index contributed by atoms with van der Waals surface area (Å²) in [5, 5.41) is 0. The van der Waals surface area contributed by atoms with Crippen molar-refractivity contribution in [1.82, 2.24) is 4.90 Å². The maximum Gasteiger partial charge on any atom is 0.255 e. The second-order valence-electron chi connectivity index (χ2n) is 5.09. The van der Waals surface area contributed by atoms with Gasteiger partial charge in [0.15, 0.2) is 0 Å². The van der Waals surface area contributed by atoms with Crippen LogP contribution in [0.1, 0.15) is 21.5 Å². The molecule has 0 aromatic heterocycles. The van der Waals surface area contributed by atoms with Crippen molar-refractivity contribution in [2.75, 3.05) is 12.3 Å².